The number of esters is 2. The van der Waals surface area contributed by atoms with Crippen molar-refractivity contribution < 1.29 is 28.5 Å². The number of carbonyl (C=O) groups excluding carboxylic acids is 2. The summed E-state index contributed by atoms with van der Waals surface area (Å²) in [7, 11) is 0. The summed E-state index contributed by atoms with van der Waals surface area (Å²) in [4.78, 5) is 28.3. The van der Waals surface area contributed by atoms with Gasteiger partial charge in [-0.15, -0.1) is 22.7 Å². The first-order valence-electron chi connectivity index (χ1n) is 17.1. The molecule has 4 N–H and O–H groups in total. The van der Waals surface area contributed by atoms with Crippen LogP contribution in [0.4, 0.5) is 0 Å². The summed E-state index contributed by atoms with van der Waals surface area (Å²) in [5.41, 5.74) is 15.2. The molecule has 0 saturated carbocycles. The zero-order valence-corrected chi connectivity index (χ0v) is 31.7. The Hall–Kier alpha value is -4.84. The van der Waals surface area contributed by atoms with Gasteiger partial charge in [-0.2, -0.15) is 0 Å². The number of aryl methyl sites for hydroxylation is 2. The Labute approximate surface area is 315 Å². The second kappa shape index (κ2) is 20.9. The van der Waals surface area contributed by atoms with Crippen molar-refractivity contribution in [3.63, 3.8) is 0 Å². The molecule has 2 aromatic carbocycles. The Morgan fingerprint density at radius 3 is 1.40 bits per heavy atom. The Morgan fingerprint density at radius 2 is 1.02 bits per heavy atom. The Morgan fingerprint density at radius 1 is 0.635 bits per heavy atom. The molecule has 0 bridgehead atoms. The Balaban J connectivity index is 1.08. The molecule has 8 nitrogen and oxygen atoms in total. The number of thiophene rings is 2. The van der Waals surface area contributed by atoms with Crippen LogP contribution in [0.1, 0.15) is 69.4 Å². The van der Waals surface area contributed by atoms with Crippen molar-refractivity contribution in [1.82, 2.24) is 0 Å². The van der Waals surface area contributed by atoms with Gasteiger partial charge in [-0.25, -0.2) is 9.59 Å². The highest BCUT2D eigenvalue weighted by Crippen LogP contribution is 2.27. The van der Waals surface area contributed by atoms with E-state index in [2.05, 4.69) is 23.7 Å². The summed E-state index contributed by atoms with van der Waals surface area (Å²) >= 11 is 3.08. The van der Waals surface area contributed by atoms with Crippen LogP contribution < -0.4 is 20.9 Å². The molecule has 0 saturated heterocycles. The topological polar surface area (TPSA) is 123 Å². The lowest BCUT2D eigenvalue weighted by atomic mass is 10.0. The molecule has 4 rings (SSSR count). The van der Waals surface area contributed by atoms with Crippen molar-refractivity contribution in [2.45, 2.75) is 52.6 Å². The molecule has 0 amide bonds. The molecular weight excluding hydrogens is 693 g/mol. The van der Waals surface area contributed by atoms with Crippen LogP contribution in [0.3, 0.4) is 0 Å². The number of benzene rings is 2. The molecule has 2 unspecified atom stereocenters. The predicted octanol–water partition coefficient (Wildman–Crippen LogP) is 7.68. The fraction of sp³-hybridized carbons (Fsp3) is 0.333. The van der Waals surface area contributed by atoms with Gasteiger partial charge in [-0.1, -0.05) is 72.9 Å². The van der Waals surface area contributed by atoms with Gasteiger partial charge in [0, 0.05) is 34.0 Å². The number of hydrogen-bond donors (Lipinski definition) is 2. The van der Waals surface area contributed by atoms with E-state index in [0.29, 0.717) is 26.1 Å². The van der Waals surface area contributed by atoms with Gasteiger partial charge in [-0.05, 0) is 87.1 Å². The molecule has 2 aromatic heterocycles. The summed E-state index contributed by atoms with van der Waals surface area (Å²) in [5, 5.41) is 0. The summed E-state index contributed by atoms with van der Waals surface area (Å²) < 4.78 is 22.0. The first-order valence-corrected chi connectivity index (χ1v) is 18.8. The third-order valence-corrected chi connectivity index (χ3v) is 10.0. The standard InChI is InChI=1S/C42H46N2O6S2/c1-29-9-13-33(14-10-29)47-23-5-7-35-17-19-39(51-35)37(43)25-31(3)27-49-41(45)21-22-42(46)50-28-32(4)26-38(44)40-20-18-36(52-40)8-6-24-48-34-15-11-30(2)12-16-34/h9-22,31-32,37-38H,23-28,43-44H2,1-4H3/b22-21-/t31-,32-,37?,38?/m1/s1. The number of rotatable bonds is 16. The molecule has 4 aromatic rings. The third kappa shape index (κ3) is 14.4. The fourth-order valence-corrected chi connectivity index (χ4v) is 6.70. The molecule has 0 spiro atoms. The van der Waals surface area contributed by atoms with Gasteiger partial charge in [-0.3, -0.25) is 0 Å². The molecule has 0 fully saturated rings. The van der Waals surface area contributed by atoms with Gasteiger partial charge in [0.25, 0.3) is 0 Å². The van der Waals surface area contributed by atoms with Crippen molar-refractivity contribution >= 4 is 34.6 Å². The molecule has 0 radical (unpaired) electrons. The maximum absolute atomic E-state index is 12.2. The molecular formula is C42H46N2O6S2. The molecule has 2 heterocycles. The molecule has 0 aliphatic heterocycles. The number of carbonyl (C=O) groups is 2. The maximum atomic E-state index is 12.2. The largest absolute Gasteiger partial charge is 0.481 e. The van der Waals surface area contributed by atoms with Gasteiger partial charge < -0.3 is 30.4 Å². The van der Waals surface area contributed by atoms with E-state index in [4.69, 9.17) is 30.4 Å². The minimum Gasteiger partial charge on any atom is -0.481 e. The van der Waals surface area contributed by atoms with Gasteiger partial charge >= 0.3 is 11.9 Å². The van der Waals surface area contributed by atoms with Crippen LogP contribution in [-0.2, 0) is 19.1 Å². The average molecular weight is 739 g/mol. The van der Waals surface area contributed by atoms with Crippen LogP contribution >= 0.6 is 22.7 Å². The van der Waals surface area contributed by atoms with E-state index in [0.717, 1.165) is 43.2 Å². The smallest absolute Gasteiger partial charge is 0.331 e. The number of hydrogen-bond acceptors (Lipinski definition) is 10. The van der Waals surface area contributed by atoms with Crippen LogP contribution in [0, 0.1) is 49.4 Å². The summed E-state index contributed by atoms with van der Waals surface area (Å²) in [5.74, 6) is 12.7. The first kappa shape index (κ1) is 39.9. The minimum atomic E-state index is -0.618. The number of ether oxygens (including phenoxy) is 4. The highest BCUT2D eigenvalue weighted by molar-refractivity contribution is 7.12. The molecule has 272 valence electrons. The zero-order chi connectivity index (χ0) is 37.3. The second-order valence-electron chi connectivity index (χ2n) is 12.7. The van der Waals surface area contributed by atoms with Gasteiger partial charge in [0.15, 0.2) is 0 Å². The van der Waals surface area contributed by atoms with Gasteiger partial charge in [0.2, 0.25) is 0 Å². The first-order chi connectivity index (χ1) is 25.0. The number of nitrogens with two attached hydrogens (primary N) is 2. The lowest BCUT2D eigenvalue weighted by Gasteiger charge is -2.16. The molecule has 52 heavy (non-hydrogen) atoms. The monoisotopic (exact) mass is 738 g/mol. The summed E-state index contributed by atoms with van der Waals surface area (Å²) in [6.45, 7) is 8.92. The molecule has 4 atom stereocenters. The SMILES string of the molecule is Cc1ccc(OCC#Cc2ccc(C(N)C[C@@H](C)COC(=O)/C=C\C(=O)OC[C@H](C)CC(N)c3ccc(C#CCOc4ccc(C)cc4)s3)s2)cc1. The maximum Gasteiger partial charge on any atom is 0.331 e. The van der Waals surface area contributed by atoms with Crippen LogP contribution in [0.2, 0.25) is 0 Å². The highest BCUT2D eigenvalue weighted by Gasteiger charge is 2.16. The second-order valence-corrected chi connectivity index (χ2v) is 14.9. The van der Waals surface area contributed by atoms with Crippen molar-refractivity contribution in [3.8, 4) is 35.2 Å². The van der Waals surface area contributed by atoms with Crippen LogP contribution in [0.25, 0.3) is 0 Å². The van der Waals surface area contributed by atoms with Crippen molar-refractivity contribution in [1.29, 1.82) is 0 Å². The Kier molecular flexibility index (Phi) is 16.0. The fourth-order valence-electron chi connectivity index (χ4n) is 4.91. The highest BCUT2D eigenvalue weighted by atomic mass is 32.1. The molecule has 0 aliphatic rings. The predicted molar refractivity (Wildman–Crippen MR) is 208 cm³/mol. The van der Waals surface area contributed by atoms with Crippen LogP contribution in [0.5, 0.6) is 11.5 Å². The summed E-state index contributed by atoms with van der Waals surface area (Å²) in [6.07, 6.45) is 3.40. The van der Waals surface area contributed by atoms with Crippen LogP contribution in [-0.4, -0.2) is 38.4 Å². The van der Waals surface area contributed by atoms with E-state index in [-0.39, 0.29) is 37.1 Å². The van der Waals surface area contributed by atoms with E-state index in [9.17, 15) is 9.59 Å². The normalized spacial score (nSPS) is 13.1. The van der Waals surface area contributed by atoms with Crippen molar-refractivity contribution in [2.24, 2.45) is 23.3 Å². The van der Waals surface area contributed by atoms with Gasteiger partial charge in [0.05, 0.1) is 23.0 Å². The summed E-state index contributed by atoms with van der Waals surface area (Å²) in [6, 6.07) is 23.1. The van der Waals surface area contributed by atoms with E-state index in [1.54, 1.807) is 0 Å². The van der Waals surface area contributed by atoms with Gasteiger partial charge in [0.1, 0.15) is 24.7 Å². The quantitative estimate of drug-likeness (QED) is 0.0682. The van der Waals surface area contributed by atoms with E-state index in [1.807, 2.05) is 100 Å². The van der Waals surface area contributed by atoms with Crippen molar-refractivity contribution in [2.75, 3.05) is 26.4 Å². The molecule has 0 aliphatic carbocycles. The Bertz CT molecular complexity index is 1750. The lowest BCUT2D eigenvalue weighted by Crippen LogP contribution is -2.18. The van der Waals surface area contributed by atoms with Crippen molar-refractivity contribution in [3.05, 3.63) is 116 Å². The lowest BCUT2D eigenvalue weighted by molar-refractivity contribution is -0.141. The average Bonchev–Trinajstić information content (AvgIpc) is 3.81. The van der Waals surface area contributed by atoms with E-state index in [1.165, 1.54) is 33.8 Å². The van der Waals surface area contributed by atoms with Crippen LogP contribution in [0.15, 0.2) is 84.9 Å². The van der Waals surface area contributed by atoms with E-state index < -0.39 is 11.9 Å². The minimum absolute atomic E-state index is 0.00783. The van der Waals surface area contributed by atoms with E-state index >= 15 is 0 Å². The molecule has 10 heteroatoms. The zero-order valence-electron chi connectivity index (χ0n) is 30.1. The third-order valence-electron chi connectivity index (χ3n) is 7.76.